The zero-order chi connectivity index (χ0) is 20.5. The van der Waals surface area contributed by atoms with Crippen LogP contribution in [0.3, 0.4) is 0 Å². The highest BCUT2D eigenvalue weighted by atomic mass is 16.7. The SMILES string of the molecule is CCN(Cc1nc(C)no1)C(=O)c1c(C)ccn(-c2ccc3c(c2)OCO3)c1=O. The average Bonchev–Trinajstić information content (AvgIpc) is 3.34. The normalized spacial score (nSPS) is 12.2. The van der Waals surface area contributed by atoms with Crippen LogP contribution in [0.25, 0.3) is 5.69 Å². The van der Waals surface area contributed by atoms with Gasteiger partial charge in [0.15, 0.2) is 17.3 Å². The third-order valence-corrected chi connectivity index (χ3v) is 4.71. The zero-order valence-electron chi connectivity index (χ0n) is 16.3. The van der Waals surface area contributed by atoms with E-state index < -0.39 is 5.56 Å². The monoisotopic (exact) mass is 396 g/mol. The fourth-order valence-corrected chi connectivity index (χ4v) is 3.18. The Labute approximate surface area is 166 Å². The summed E-state index contributed by atoms with van der Waals surface area (Å²) >= 11 is 0. The number of aryl methyl sites for hydroxylation is 2. The Balaban J connectivity index is 1.70. The molecule has 0 bridgehead atoms. The topological polar surface area (TPSA) is 99.7 Å². The standard InChI is InChI=1S/C20H20N4O5/c1-4-23(10-17-21-13(3)22-29-17)19(25)18-12(2)7-8-24(20(18)26)14-5-6-15-16(9-14)28-11-27-15/h5-9H,4,10-11H2,1-3H3. The second-order valence-electron chi connectivity index (χ2n) is 6.64. The molecule has 0 unspecified atom stereocenters. The molecule has 1 amide bonds. The summed E-state index contributed by atoms with van der Waals surface area (Å²) in [6.07, 6.45) is 1.64. The third kappa shape index (κ3) is 3.46. The molecule has 1 aliphatic rings. The number of nitrogens with zero attached hydrogens (tertiary/aromatic N) is 4. The first-order valence-corrected chi connectivity index (χ1v) is 9.18. The van der Waals surface area contributed by atoms with Gasteiger partial charge in [-0.3, -0.25) is 14.2 Å². The van der Waals surface area contributed by atoms with Crippen molar-refractivity contribution in [2.45, 2.75) is 27.3 Å². The molecular formula is C20H20N4O5. The first kappa shape index (κ1) is 18.7. The van der Waals surface area contributed by atoms with Gasteiger partial charge in [-0.1, -0.05) is 5.16 Å². The van der Waals surface area contributed by atoms with E-state index in [4.69, 9.17) is 14.0 Å². The molecular weight excluding hydrogens is 376 g/mol. The highest BCUT2D eigenvalue weighted by Crippen LogP contribution is 2.33. The van der Waals surface area contributed by atoms with Gasteiger partial charge in [-0.15, -0.1) is 0 Å². The van der Waals surface area contributed by atoms with Crippen LogP contribution >= 0.6 is 0 Å². The summed E-state index contributed by atoms with van der Waals surface area (Å²) in [5.74, 6) is 1.61. The van der Waals surface area contributed by atoms with E-state index in [1.807, 2.05) is 6.92 Å². The van der Waals surface area contributed by atoms with Gasteiger partial charge in [0.05, 0.1) is 5.69 Å². The molecule has 9 heteroatoms. The number of hydrogen-bond donors (Lipinski definition) is 0. The Morgan fingerprint density at radius 3 is 2.72 bits per heavy atom. The van der Waals surface area contributed by atoms with Gasteiger partial charge in [0, 0.05) is 18.8 Å². The van der Waals surface area contributed by atoms with Crippen molar-refractivity contribution in [1.82, 2.24) is 19.6 Å². The molecule has 0 N–H and O–H groups in total. The third-order valence-electron chi connectivity index (χ3n) is 4.71. The summed E-state index contributed by atoms with van der Waals surface area (Å²) in [6.45, 7) is 5.94. The van der Waals surface area contributed by atoms with Crippen LogP contribution in [0.2, 0.25) is 0 Å². The number of benzene rings is 1. The van der Waals surface area contributed by atoms with Crippen molar-refractivity contribution in [3.05, 3.63) is 63.7 Å². The van der Waals surface area contributed by atoms with Gasteiger partial charge in [0.1, 0.15) is 12.1 Å². The molecule has 0 atom stereocenters. The lowest BCUT2D eigenvalue weighted by Gasteiger charge is -2.20. The molecule has 4 rings (SSSR count). The van der Waals surface area contributed by atoms with Crippen LogP contribution in [0, 0.1) is 13.8 Å². The van der Waals surface area contributed by atoms with Gasteiger partial charge >= 0.3 is 0 Å². The van der Waals surface area contributed by atoms with E-state index in [0.717, 1.165) is 0 Å². The lowest BCUT2D eigenvalue weighted by atomic mass is 10.1. The summed E-state index contributed by atoms with van der Waals surface area (Å²) in [4.78, 5) is 32.0. The lowest BCUT2D eigenvalue weighted by molar-refractivity contribution is 0.0731. The number of carbonyl (C=O) groups excluding carboxylic acids is 1. The second kappa shape index (κ2) is 7.42. The molecule has 0 spiro atoms. The van der Waals surface area contributed by atoms with Crippen LogP contribution in [0.4, 0.5) is 0 Å². The van der Waals surface area contributed by atoms with Crippen LogP contribution < -0.4 is 15.0 Å². The summed E-state index contributed by atoms with van der Waals surface area (Å²) in [5.41, 5.74) is 0.873. The number of pyridine rings is 1. The Hall–Kier alpha value is -3.62. The van der Waals surface area contributed by atoms with Crippen molar-refractivity contribution >= 4 is 5.91 Å². The second-order valence-corrected chi connectivity index (χ2v) is 6.64. The Kier molecular flexibility index (Phi) is 4.79. The predicted octanol–water partition coefficient (Wildman–Crippen LogP) is 2.23. The summed E-state index contributed by atoms with van der Waals surface area (Å²) in [6, 6.07) is 6.94. The zero-order valence-corrected chi connectivity index (χ0v) is 16.3. The van der Waals surface area contributed by atoms with Crippen molar-refractivity contribution in [3.63, 3.8) is 0 Å². The van der Waals surface area contributed by atoms with E-state index in [1.165, 1.54) is 9.47 Å². The summed E-state index contributed by atoms with van der Waals surface area (Å²) < 4.78 is 17.2. The number of fused-ring (bicyclic) bond motifs is 1. The molecule has 1 aliphatic heterocycles. The van der Waals surface area contributed by atoms with Crippen LogP contribution in [0.15, 0.2) is 39.8 Å². The number of ether oxygens (including phenoxy) is 2. The van der Waals surface area contributed by atoms with E-state index >= 15 is 0 Å². The Bertz CT molecular complexity index is 1130. The van der Waals surface area contributed by atoms with Gasteiger partial charge in [-0.25, -0.2) is 0 Å². The van der Waals surface area contributed by atoms with Crippen molar-refractivity contribution in [3.8, 4) is 17.2 Å². The number of amides is 1. The molecule has 0 saturated heterocycles. The molecule has 9 nitrogen and oxygen atoms in total. The van der Waals surface area contributed by atoms with Crippen molar-refractivity contribution in [2.24, 2.45) is 0 Å². The maximum atomic E-state index is 13.2. The molecule has 3 aromatic rings. The van der Waals surface area contributed by atoms with Crippen LogP contribution in [-0.2, 0) is 6.54 Å². The van der Waals surface area contributed by atoms with E-state index in [1.54, 1.807) is 44.3 Å². The highest BCUT2D eigenvalue weighted by Gasteiger charge is 2.24. The van der Waals surface area contributed by atoms with E-state index in [9.17, 15) is 9.59 Å². The van der Waals surface area contributed by atoms with E-state index in [2.05, 4.69) is 10.1 Å². The van der Waals surface area contributed by atoms with Gasteiger partial charge in [-0.2, -0.15) is 4.98 Å². The summed E-state index contributed by atoms with van der Waals surface area (Å²) in [5, 5.41) is 3.74. The van der Waals surface area contributed by atoms with Crippen LogP contribution in [-0.4, -0.2) is 38.9 Å². The first-order valence-electron chi connectivity index (χ1n) is 9.18. The quantitative estimate of drug-likeness (QED) is 0.652. The number of carbonyl (C=O) groups is 1. The number of rotatable bonds is 5. The van der Waals surface area contributed by atoms with Gasteiger partial charge in [0.25, 0.3) is 11.5 Å². The Morgan fingerprint density at radius 1 is 1.21 bits per heavy atom. The van der Waals surface area contributed by atoms with Crippen molar-refractivity contribution in [2.75, 3.05) is 13.3 Å². The molecule has 1 aromatic carbocycles. The largest absolute Gasteiger partial charge is 0.454 e. The molecule has 0 aliphatic carbocycles. The fraction of sp³-hybridized carbons (Fsp3) is 0.300. The average molecular weight is 396 g/mol. The van der Waals surface area contributed by atoms with Gasteiger partial charge in [-0.05, 0) is 44.5 Å². The molecule has 150 valence electrons. The minimum absolute atomic E-state index is 0.100. The van der Waals surface area contributed by atoms with E-state index in [0.29, 0.717) is 41.0 Å². The first-order chi connectivity index (χ1) is 14.0. The van der Waals surface area contributed by atoms with E-state index in [-0.39, 0.29) is 24.8 Å². The lowest BCUT2D eigenvalue weighted by Crippen LogP contribution is -2.37. The van der Waals surface area contributed by atoms with Gasteiger partial charge in [0.2, 0.25) is 12.7 Å². The number of hydrogen-bond acceptors (Lipinski definition) is 7. The molecule has 0 saturated carbocycles. The smallest absolute Gasteiger partial charge is 0.268 e. The van der Waals surface area contributed by atoms with Crippen LogP contribution in [0.1, 0.15) is 34.6 Å². The van der Waals surface area contributed by atoms with Crippen molar-refractivity contribution in [1.29, 1.82) is 0 Å². The summed E-state index contributed by atoms with van der Waals surface area (Å²) in [7, 11) is 0. The van der Waals surface area contributed by atoms with Gasteiger partial charge < -0.3 is 18.9 Å². The molecule has 2 aromatic heterocycles. The molecule has 29 heavy (non-hydrogen) atoms. The highest BCUT2D eigenvalue weighted by molar-refractivity contribution is 5.95. The molecule has 0 fully saturated rings. The maximum Gasteiger partial charge on any atom is 0.268 e. The maximum absolute atomic E-state index is 13.2. The predicted molar refractivity (Wildman–Crippen MR) is 102 cm³/mol. The molecule has 3 heterocycles. The van der Waals surface area contributed by atoms with Crippen molar-refractivity contribution < 1.29 is 18.8 Å². The number of aromatic nitrogens is 3. The minimum Gasteiger partial charge on any atom is -0.454 e. The minimum atomic E-state index is -0.408. The fourth-order valence-electron chi connectivity index (χ4n) is 3.18. The molecule has 0 radical (unpaired) electrons. The van der Waals surface area contributed by atoms with Crippen LogP contribution in [0.5, 0.6) is 11.5 Å². The Morgan fingerprint density at radius 2 is 2.00 bits per heavy atom.